The van der Waals surface area contributed by atoms with Crippen LogP contribution >= 0.6 is 0 Å². The van der Waals surface area contributed by atoms with Crippen LogP contribution in [0.2, 0.25) is 0 Å². The molecule has 2 heterocycles. The Hall–Kier alpha value is -2.88. The summed E-state index contributed by atoms with van der Waals surface area (Å²) in [5, 5.41) is -0.816. The summed E-state index contributed by atoms with van der Waals surface area (Å²) in [6.45, 7) is 2.91. The summed E-state index contributed by atoms with van der Waals surface area (Å²) in [6, 6.07) is 5.05. The zero-order chi connectivity index (χ0) is 19.2. The Morgan fingerprint density at radius 1 is 1.15 bits per heavy atom. The summed E-state index contributed by atoms with van der Waals surface area (Å²) >= 11 is 0. The molecule has 136 valence electrons. The van der Waals surface area contributed by atoms with Crippen molar-refractivity contribution >= 4 is 32.9 Å². The van der Waals surface area contributed by atoms with Crippen molar-refractivity contribution in [3.8, 4) is 0 Å². The van der Waals surface area contributed by atoms with E-state index < -0.39 is 38.3 Å². The quantitative estimate of drug-likeness (QED) is 0.695. The second kappa shape index (κ2) is 6.13. The number of nitrogens with two attached hydrogens (primary N) is 1. The van der Waals surface area contributed by atoms with Crippen molar-refractivity contribution in [2.45, 2.75) is 19.1 Å². The number of carbonyl (C=O) groups excluding carboxylic acids is 1. The molecular formula is C16H14F2N4O3S. The Kier molecular flexibility index (Phi) is 4.23. The molecule has 0 aliphatic rings. The van der Waals surface area contributed by atoms with Gasteiger partial charge < -0.3 is 5.73 Å². The van der Waals surface area contributed by atoms with Crippen molar-refractivity contribution in [1.82, 2.24) is 13.9 Å². The van der Waals surface area contributed by atoms with Crippen molar-refractivity contribution in [3.63, 3.8) is 0 Å². The second-order valence-electron chi connectivity index (χ2n) is 5.82. The molecule has 2 N–H and O–H groups in total. The number of imidazole rings is 1. The number of nitrogen functional groups attached to an aromatic ring is 1. The Labute approximate surface area is 147 Å². The molecule has 1 aromatic carbocycles. The fourth-order valence-corrected chi connectivity index (χ4v) is 3.45. The summed E-state index contributed by atoms with van der Waals surface area (Å²) < 4.78 is 52.9. The van der Waals surface area contributed by atoms with E-state index >= 15 is 0 Å². The van der Waals surface area contributed by atoms with E-state index in [2.05, 4.69) is 9.97 Å². The number of anilines is 1. The van der Waals surface area contributed by atoms with Gasteiger partial charge in [-0.2, -0.15) is 3.97 Å². The molecule has 7 nitrogen and oxygen atoms in total. The first-order chi connectivity index (χ1) is 12.1. The second-order valence-corrected chi connectivity index (χ2v) is 8.16. The van der Waals surface area contributed by atoms with Crippen LogP contribution in [0.15, 0.2) is 30.3 Å². The highest BCUT2D eigenvalue weighted by atomic mass is 32.2. The highest BCUT2D eigenvalue weighted by molar-refractivity contribution is 7.90. The number of nitrogens with zero attached hydrogens (tertiary/aromatic N) is 3. The van der Waals surface area contributed by atoms with Crippen LogP contribution in [0.25, 0.3) is 11.2 Å². The molecule has 0 spiro atoms. The molecule has 0 saturated heterocycles. The molecule has 10 heteroatoms. The van der Waals surface area contributed by atoms with Gasteiger partial charge in [0, 0.05) is 0 Å². The van der Waals surface area contributed by atoms with Crippen LogP contribution in [0.5, 0.6) is 0 Å². The van der Waals surface area contributed by atoms with E-state index in [4.69, 9.17) is 5.73 Å². The lowest BCUT2D eigenvalue weighted by molar-refractivity contribution is 0.103. The lowest BCUT2D eigenvalue weighted by Gasteiger charge is -2.10. The van der Waals surface area contributed by atoms with E-state index in [1.807, 2.05) is 0 Å². The topological polar surface area (TPSA) is 108 Å². The minimum Gasteiger partial charge on any atom is -0.368 e. The predicted molar refractivity (Wildman–Crippen MR) is 91.2 cm³/mol. The monoisotopic (exact) mass is 380 g/mol. The highest BCUT2D eigenvalue weighted by Crippen LogP contribution is 2.22. The third kappa shape index (κ3) is 2.81. The van der Waals surface area contributed by atoms with E-state index in [0.29, 0.717) is 0 Å². The van der Waals surface area contributed by atoms with Crippen LogP contribution in [0.4, 0.5) is 14.7 Å². The molecule has 0 fully saturated rings. The van der Waals surface area contributed by atoms with Gasteiger partial charge in [-0.15, -0.1) is 0 Å². The Bertz CT molecular complexity index is 1140. The Morgan fingerprint density at radius 2 is 1.85 bits per heavy atom. The first-order valence-corrected chi connectivity index (χ1v) is 9.02. The molecule has 0 saturated carbocycles. The number of aromatic nitrogens is 3. The summed E-state index contributed by atoms with van der Waals surface area (Å²) in [5.74, 6) is -2.89. The molecule has 2 aromatic heterocycles. The molecular weight excluding hydrogens is 366 g/mol. The van der Waals surface area contributed by atoms with Crippen LogP contribution in [0.3, 0.4) is 0 Å². The van der Waals surface area contributed by atoms with Gasteiger partial charge in [0.25, 0.3) is 0 Å². The predicted octanol–water partition coefficient (Wildman–Crippen LogP) is 2.11. The lowest BCUT2D eigenvalue weighted by Crippen LogP contribution is -2.24. The smallest absolute Gasteiger partial charge is 0.245 e. The fraction of sp³-hybridized carbons (Fsp3) is 0.188. The molecule has 3 aromatic rings. The lowest BCUT2D eigenvalue weighted by atomic mass is 10.1. The van der Waals surface area contributed by atoms with Crippen LogP contribution in [-0.4, -0.2) is 33.4 Å². The number of hydrogen-bond acceptors (Lipinski definition) is 6. The summed E-state index contributed by atoms with van der Waals surface area (Å²) in [4.78, 5) is 20.4. The molecule has 26 heavy (non-hydrogen) atoms. The van der Waals surface area contributed by atoms with Crippen LogP contribution in [-0.2, 0) is 10.0 Å². The number of carbonyl (C=O) groups is 1. The van der Waals surface area contributed by atoms with E-state index in [0.717, 1.165) is 22.2 Å². The number of pyridine rings is 1. The highest BCUT2D eigenvalue weighted by Gasteiger charge is 2.26. The van der Waals surface area contributed by atoms with E-state index in [9.17, 15) is 22.0 Å². The zero-order valence-corrected chi connectivity index (χ0v) is 14.6. The van der Waals surface area contributed by atoms with Crippen LogP contribution in [0, 0.1) is 11.6 Å². The summed E-state index contributed by atoms with van der Waals surface area (Å²) in [6.07, 6.45) is 0. The van der Waals surface area contributed by atoms with E-state index in [1.54, 1.807) is 0 Å². The van der Waals surface area contributed by atoms with E-state index in [1.165, 1.54) is 26.0 Å². The van der Waals surface area contributed by atoms with Gasteiger partial charge in [0.1, 0.15) is 22.8 Å². The average Bonchev–Trinajstić information content (AvgIpc) is 2.91. The molecule has 0 atom stereocenters. The van der Waals surface area contributed by atoms with Crippen LogP contribution < -0.4 is 5.73 Å². The Morgan fingerprint density at radius 3 is 2.50 bits per heavy atom. The largest absolute Gasteiger partial charge is 0.368 e. The standard InChI is InChI=1S/C16H14F2N4O3S/c1-8(2)26(24,25)22-15-13(21-16(22)19)6-5-12(20-15)14(23)10-7-9(17)3-4-11(10)18/h3-8H,1-2H3,(H2,19,21). The van der Waals surface area contributed by atoms with Gasteiger partial charge in [0.2, 0.25) is 21.8 Å². The number of ketones is 1. The maximum absolute atomic E-state index is 13.8. The SMILES string of the molecule is CC(C)S(=O)(=O)n1c(N)nc2ccc(C(=O)c3cc(F)ccc3F)nc21. The van der Waals surface area contributed by atoms with Gasteiger partial charge >= 0.3 is 0 Å². The number of fused-ring (bicyclic) bond motifs is 1. The fourth-order valence-electron chi connectivity index (χ4n) is 2.35. The average molecular weight is 380 g/mol. The maximum Gasteiger partial charge on any atom is 0.245 e. The number of benzene rings is 1. The van der Waals surface area contributed by atoms with Gasteiger partial charge in [0.15, 0.2) is 5.65 Å². The first kappa shape index (κ1) is 17.9. The molecule has 0 aliphatic heterocycles. The van der Waals surface area contributed by atoms with Crippen molar-refractivity contribution in [2.75, 3.05) is 5.73 Å². The number of rotatable bonds is 4. The van der Waals surface area contributed by atoms with Gasteiger partial charge in [-0.1, -0.05) is 0 Å². The minimum atomic E-state index is -3.89. The van der Waals surface area contributed by atoms with Gasteiger partial charge in [-0.3, -0.25) is 4.79 Å². The van der Waals surface area contributed by atoms with Gasteiger partial charge in [0.05, 0.1) is 10.8 Å². The van der Waals surface area contributed by atoms with Crippen LogP contribution in [0.1, 0.15) is 29.9 Å². The third-order valence-electron chi connectivity index (χ3n) is 3.75. The molecule has 3 rings (SSSR count). The minimum absolute atomic E-state index is 0.154. The molecule has 0 aliphatic carbocycles. The normalized spacial score (nSPS) is 12.0. The molecule has 0 unspecified atom stereocenters. The Balaban J connectivity index is 2.21. The van der Waals surface area contributed by atoms with Crippen molar-refractivity contribution in [2.24, 2.45) is 0 Å². The van der Waals surface area contributed by atoms with Crippen molar-refractivity contribution in [3.05, 3.63) is 53.2 Å². The molecule has 0 amide bonds. The van der Waals surface area contributed by atoms with Gasteiger partial charge in [-0.25, -0.2) is 27.2 Å². The van der Waals surface area contributed by atoms with Crippen molar-refractivity contribution < 1.29 is 22.0 Å². The summed E-state index contributed by atoms with van der Waals surface area (Å²) in [7, 11) is -3.89. The third-order valence-corrected chi connectivity index (χ3v) is 5.81. The molecule has 0 radical (unpaired) electrons. The maximum atomic E-state index is 13.8. The zero-order valence-electron chi connectivity index (χ0n) is 13.8. The van der Waals surface area contributed by atoms with Gasteiger partial charge in [-0.05, 0) is 44.2 Å². The molecule has 0 bridgehead atoms. The number of halogens is 2. The number of hydrogen-bond donors (Lipinski definition) is 1. The van der Waals surface area contributed by atoms with Crippen molar-refractivity contribution in [1.29, 1.82) is 0 Å². The first-order valence-electron chi connectivity index (χ1n) is 7.52. The summed E-state index contributed by atoms with van der Waals surface area (Å²) in [5.41, 5.74) is 4.92. The van der Waals surface area contributed by atoms with E-state index in [-0.39, 0.29) is 22.8 Å².